The number of aromatic nitrogens is 4. The van der Waals surface area contributed by atoms with Crippen LogP contribution >= 0.6 is 0 Å². The van der Waals surface area contributed by atoms with Crippen molar-refractivity contribution in [2.45, 2.75) is 38.5 Å². The molecule has 2 aromatic carbocycles. The summed E-state index contributed by atoms with van der Waals surface area (Å²) >= 11 is 0. The molecule has 0 atom stereocenters. The molecule has 2 aromatic heterocycles. The summed E-state index contributed by atoms with van der Waals surface area (Å²) in [6, 6.07) is 6.46. The lowest BCUT2D eigenvalue weighted by Crippen LogP contribution is -2.58. The Morgan fingerprint density at radius 3 is 2.50 bits per heavy atom. The van der Waals surface area contributed by atoms with E-state index in [4.69, 9.17) is 14.7 Å². The first-order valence-electron chi connectivity index (χ1n) is 14.6. The van der Waals surface area contributed by atoms with Crippen LogP contribution in [0.1, 0.15) is 48.6 Å². The van der Waals surface area contributed by atoms with Gasteiger partial charge in [0.25, 0.3) is 0 Å². The van der Waals surface area contributed by atoms with Crippen molar-refractivity contribution in [2.24, 2.45) is 5.41 Å². The minimum Gasteiger partial charge on any atom is -0.494 e. The minimum absolute atomic E-state index is 0.345. The van der Waals surface area contributed by atoms with Crippen molar-refractivity contribution >= 4 is 33.7 Å². The average Bonchev–Trinajstić information content (AvgIpc) is 3.44. The van der Waals surface area contributed by atoms with Gasteiger partial charge in [0.15, 0.2) is 5.75 Å². The first-order chi connectivity index (χ1) is 19.5. The lowest BCUT2D eigenvalue weighted by molar-refractivity contribution is 0.126. The molecular formula is C32H39N7O. The quantitative estimate of drug-likeness (QED) is 0.365. The normalized spacial score (nSPS) is 19.8. The number of hydrogen-bond donors (Lipinski definition) is 2. The lowest BCUT2D eigenvalue weighted by atomic mass is 9.73. The predicted molar refractivity (Wildman–Crippen MR) is 162 cm³/mol. The molecule has 0 aliphatic carbocycles. The second kappa shape index (κ2) is 9.85. The average molecular weight is 538 g/mol. The Morgan fingerprint density at radius 1 is 1.05 bits per heavy atom. The number of fused-ring (bicyclic) bond motifs is 2. The Bertz CT molecular complexity index is 1590. The van der Waals surface area contributed by atoms with Crippen LogP contribution in [0, 0.1) is 12.3 Å². The molecule has 2 N–H and O–H groups in total. The van der Waals surface area contributed by atoms with Gasteiger partial charge in [-0.25, -0.2) is 9.97 Å². The summed E-state index contributed by atoms with van der Waals surface area (Å²) in [5, 5.41) is 13.1. The SMILES string of the molecule is C=Cc1cc2c(N3CCC4(CC3)CNC4)nc(C3CCN(C)CC3)nc2c(OC)c1-c1c(C)ccc2[nH]ncc12. The molecule has 0 saturated carbocycles. The molecule has 3 aliphatic heterocycles. The first kappa shape index (κ1) is 25.5. The van der Waals surface area contributed by atoms with Gasteiger partial charge in [-0.2, -0.15) is 5.10 Å². The first-order valence-corrected chi connectivity index (χ1v) is 14.6. The molecule has 0 amide bonds. The highest BCUT2D eigenvalue weighted by Gasteiger charge is 2.40. The molecule has 5 heterocycles. The summed E-state index contributed by atoms with van der Waals surface area (Å²) in [4.78, 5) is 15.6. The van der Waals surface area contributed by atoms with Gasteiger partial charge in [-0.05, 0) is 87.0 Å². The molecule has 3 saturated heterocycles. The van der Waals surface area contributed by atoms with Crippen LogP contribution in [0.4, 0.5) is 5.82 Å². The molecular weight excluding hydrogens is 498 g/mol. The minimum atomic E-state index is 0.345. The Kier molecular flexibility index (Phi) is 6.28. The fraction of sp³-hybridized carbons (Fsp3) is 0.469. The lowest BCUT2D eigenvalue weighted by Gasteiger charge is -2.48. The van der Waals surface area contributed by atoms with Gasteiger partial charge in [-0.3, -0.25) is 5.10 Å². The van der Waals surface area contributed by atoms with E-state index in [2.05, 4.69) is 64.1 Å². The van der Waals surface area contributed by atoms with Crippen molar-refractivity contribution in [1.82, 2.24) is 30.4 Å². The van der Waals surface area contributed by atoms with E-state index in [1.807, 2.05) is 12.3 Å². The number of aromatic amines is 1. The molecule has 0 bridgehead atoms. The number of nitrogens with zero attached hydrogens (tertiary/aromatic N) is 5. The molecule has 208 valence electrons. The Balaban J connectivity index is 1.45. The molecule has 8 nitrogen and oxygen atoms in total. The third-order valence-corrected chi connectivity index (χ3v) is 9.69. The largest absolute Gasteiger partial charge is 0.494 e. The second-order valence-corrected chi connectivity index (χ2v) is 12.1. The zero-order valence-electron chi connectivity index (χ0n) is 23.9. The highest BCUT2D eigenvalue weighted by molar-refractivity contribution is 6.07. The van der Waals surface area contributed by atoms with E-state index in [0.717, 1.165) is 114 Å². The second-order valence-electron chi connectivity index (χ2n) is 12.1. The molecule has 4 aromatic rings. The number of nitrogens with one attached hydrogen (secondary N) is 2. The number of anilines is 1. The highest BCUT2D eigenvalue weighted by Crippen LogP contribution is 2.46. The van der Waals surface area contributed by atoms with Crippen molar-refractivity contribution in [1.29, 1.82) is 0 Å². The number of ether oxygens (including phenoxy) is 1. The van der Waals surface area contributed by atoms with E-state index in [1.54, 1.807) is 7.11 Å². The van der Waals surface area contributed by atoms with Gasteiger partial charge in [-0.15, -0.1) is 0 Å². The van der Waals surface area contributed by atoms with Crippen LogP contribution in [0.5, 0.6) is 5.75 Å². The zero-order chi connectivity index (χ0) is 27.4. The summed E-state index contributed by atoms with van der Waals surface area (Å²) < 4.78 is 6.29. The molecule has 8 heteroatoms. The molecule has 0 radical (unpaired) electrons. The van der Waals surface area contributed by atoms with Gasteiger partial charge < -0.3 is 19.9 Å². The fourth-order valence-electron chi connectivity index (χ4n) is 7.05. The smallest absolute Gasteiger partial charge is 0.153 e. The predicted octanol–water partition coefficient (Wildman–Crippen LogP) is 5.13. The van der Waals surface area contributed by atoms with Crippen LogP contribution in [0.2, 0.25) is 0 Å². The van der Waals surface area contributed by atoms with E-state index in [0.29, 0.717) is 11.3 Å². The molecule has 3 fully saturated rings. The zero-order valence-corrected chi connectivity index (χ0v) is 23.9. The maximum Gasteiger partial charge on any atom is 0.153 e. The maximum absolute atomic E-state index is 6.29. The van der Waals surface area contributed by atoms with Crippen molar-refractivity contribution < 1.29 is 4.74 Å². The van der Waals surface area contributed by atoms with Gasteiger partial charge in [0.05, 0.1) is 18.8 Å². The fourth-order valence-corrected chi connectivity index (χ4v) is 7.05. The maximum atomic E-state index is 6.29. The van der Waals surface area contributed by atoms with Gasteiger partial charge in [-0.1, -0.05) is 18.7 Å². The van der Waals surface area contributed by atoms with E-state index in [1.165, 1.54) is 12.8 Å². The van der Waals surface area contributed by atoms with Crippen LogP contribution in [-0.4, -0.2) is 78.5 Å². The van der Waals surface area contributed by atoms with Crippen molar-refractivity contribution in [3.8, 4) is 16.9 Å². The summed E-state index contributed by atoms with van der Waals surface area (Å²) in [6.45, 7) is 12.8. The molecule has 1 spiro atoms. The van der Waals surface area contributed by atoms with Crippen molar-refractivity contribution in [3.63, 3.8) is 0 Å². The van der Waals surface area contributed by atoms with Crippen LogP contribution < -0.4 is 15.0 Å². The molecule has 40 heavy (non-hydrogen) atoms. The van der Waals surface area contributed by atoms with Crippen molar-refractivity contribution in [2.75, 3.05) is 58.3 Å². The highest BCUT2D eigenvalue weighted by atomic mass is 16.5. The Labute approximate surface area is 235 Å². The van der Waals surface area contributed by atoms with Crippen LogP contribution in [0.15, 0.2) is 31.0 Å². The van der Waals surface area contributed by atoms with E-state index >= 15 is 0 Å². The number of hydrogen-bond acceptors (Lipinski definition) is 7. The summed E-state index contributed by atoms with van der Waals surface area (Å²) in [6.07, 6.45) is 8.38. The van der Waals surface area contributed by atoms with E-state index in [9.17, 15) is 0 Å². The number of piperidine rings is 2. The van der Waals surface area contributed by atoms with Crippen LogP contribution in [0.25, 0.3) is 39.0 Å². The Morgan fingerprint density at radius 2 is 1.82 bits per heavy atom. The third-order valence-electron chi connectivity index (χ3n) is 9.69. The van der Waals surface area contributed by atoms with Gasteiger partial charge in [0, 0.05) is 48.4 Å². The molecule has 7 rings (SSSR count). The number of benzene rings is 2. The summed E-state index contributed by atoms with van der Waals surface area (Å²) in [5.41, 5.74) is 6.68. The van der Waals surface area contributed by atoms with Crippen LogP contribution in [0.3, 0.4) is 0 Å². The number of H-pyrrole nitrogens is 1. The van der Waals surface area contributed by atoms with Crippen molar-refractivity contribution in [3.05, 3.63) is 47.9 Å². The molecule has 3 aliphatic rings. The topological polar surface area (TPSA) is 82.2 Å². The number of aryl methyl sites for hydroxylation is 1. The van der Waals surface area contributed by atoms with E-state index in [-0.39, 0.29) is 0 Å². The Hall–Kier alpha value is -3.49. The van der Waals surface area contributed by atoms with Crippen LogP contribution in [-0.2, 0) is 0 Å². The van der Waals surface area contributed by atoms with Gasteiger partial charge in [0.1, 0.15) is 17.2 Å². The number of methoxy groups -OCH3 is 1. The van der Waals surface area contributed by atoms with E-state index < -0.39 is 0 Å². The van der Waals surface area contributed by atoms with Gasteiger partial charge in [0.2, 0.25) is 0 Å². The monoisotopic (exact) mass is 537 g/mol. The third kappa shape index (κ3) is 4.08. The summed E-state index contributed by atoms with van der Waals surface area (Å²) in [7, 11) is 3.97. The molecule has 0 unspecified atom stereocenters. The summed E-state index contributed by atoms with van der Waals surface area (Å²) in [5.74, 6) is 3.14. The number of rotatable bonds is 5. The standard InChI is InChI=1S/C32H39N7O/c1-5-21-16-23-28(29(40-4)27(21)26-20(2)6-7-25-24(26)17-34-37-25)35-30(22-8-12-38(3)13-9-22)36-31(23)39-14-10-32(11-15-39)18-33-19-32/h5-7,16-17,22,33H,1,8-15,18-19H2,2-4H3,(H,34,37). The number of likely N-dealkylation sites (tertiary alicyclic amines) is 1. The van der Waals surface area contributed by atoms with Gasteiger partial charge >= 0.3 is 0 Å².